The number of rotatable bonds is 14. The van der Waals surface area contributed by atoms with Crippen LogP contribution in [-0.4, -0.2) is 45.7 Å². The first-order valence-electron chi connectivity index (χ1n) is 16.5. The molecule has 1 aliphatic carbocycles. The van der Waals surface area contributed by atoms with E-state index in [1.165, 1.54) is 59.7 Å². The molecular weight excluding hydrogens is 632 g/mol. The second-order valence-electron chi connectivity index (χ2n) is 12.2. The summed E-state index contributed by atoms with van der Waals surface area (Å²) in [6.07, 6.45) is 14.9. The second-order valence-corrected chi connectivity index (χ2v) is 13.9. The molecule has 1 fully saturated rings. The first-order valence-corrected chi connectivity index (χ1v) is 17.9. The Morgan fingerprint density at radius 2 is 1.88 bits per heavy atom. The van der Waals surface area contributed by atoms with Gasteiger partial charge in [-0.15, -0.1) is 0 Å². The molecule has 13 nitrogen and oxygen atoms in total. The largest absolute Gasteiger partial charge is 0.510 e. The summed E-state index contributed by atoms with van der Waals surface area (Å²) in [5.74, 6) is 2.09. The van der Waals surface area contributed by atoms with E-state index in [0.717, 1.165) is 24.3 Å². The predicted molar refractivity (Wildman–Crippen MR) is 185 cm³/mol. The number of fused-ring (bicyclic) bond motifs is 1. The quantitative estimate of drug-likeness (QED) is 0.0672. The summed E-state index contributed by atoms with van der Waals surface area (Å²) in [5, 5.41) is 28.8. The summed E-state index contributed by atoms with van der Waals surface area (Å²) in [6.45, 7) is 2.60. The van der Waals surface area contributed by atoms with Gasteiger partial charge in [0.05, 0.1) is 17.1 Å². The Morgan fingerprint density at radius 1 is 1.10 bits per heavy atom. The predicted octanol–water partition coefficient (Wildman–Crippen LogP) is 5.06. The van der Waals surface area contributed by atoms with Gasteiger partial charge in [-0.25, -0.2) is 13.2 Å². The van der Waals surface area contributed by atoms with Crippen molar-refractivity contribution in [2.75, 3.05) is 11.3 Å². The molecule has 0 bridgehead atoms. The van der Waals surface area contributed by atoms with Gasteiger partial charge in [0.15, 0.2) is 0 Å². The van der Waals surface area contributed by atoms with Gasteiger partial charge in [0.1, 0.15) is 23.1 Å². The van der Waals surface area contributed by atoms with Crippen LogP contribution in [0.3, 0.4) is 0 Å². The summed E-state index contributed by atoms with van der Waals surface area (Å²) in [7, 11) is -3.91. The topological polar surface area (TPSA) is 190 Å². The zero-order chi connectivity index (χ0) is 34.1. The maximum absolute atomic E-state index is 13.2. The normalized spacial score (nSPS) is 16.7. The Kier molecular flexibility index (Phi) is 11.4. The van der Waals surface area contributed by atoms with E-state index >= 15 is 0 Å². The number of aryl methyl sites for hydroxylation is 2. The number of nitrogens with one attached hydrogen (secondary N) is 3. The highest BCUT2D eigenvalue weighted by Crippen LogP contribution is 2.32. The molecule has 0 saturated heterocycles. The number of ether oxygens (including phenoxy) is 1. The summed E-state index contributed by atoms with van der Waals surface area (Å²) in [5.41, 5.74) is 7.37. The lowest BCUT2D eigenvalue weighted by Gasteiger charge is -2.21. The lowest BCUT2D eigenvalue weighted by Crippen LogP contribution is -2.24. The van der Waals surface area contributed by atoms with E-state index in [1.807, 2.05) is 6.92 Å². The number of amidine groups is 1. The Balaban J connectivity index is 1.16. The van der Waals surface area contributed by atoms with Gasteiger partial charge in [0.25, 0.3) is 10.0 Å². The molecule has 0 spiro atoms. The number of allylic oxidation sites excluding steroid dienone is 3. The smallest absolute Gasteiger partial charge is 0.368 e. The molecule has 2 heterocycles. The Labute approximate surface area is 280 Å². The Bertz CT molecular complexity index is 1850. The standard InChI is InChI=1S/C34H44N8O5S/c1-2-25(11-19-33(35)36)31(43)23-37-22-29-15-10-26-21-27(12-18-32(26)47-29)38-48(45,46)30-16-13-28(14-17-30)42-34(44)41(39-40-42)20-6-9-24-7-4-3-5-8-24/h11-14,16-19,21-22,24,37-38,43H,2-10,15,20,23H2,1H3,(H3,35,36)/b19-11?,29-22+,31-25?. The van der Waals surface area contributed by atoms with E-state index in [4.69, 9.17) is 15.9 Å². The number of nitrogens with zero attached hydrogens (tertiary/aromatic N) is 4. The summed E-state index contributed by atoms with van der Waals surface area (Å²) < 4.78 is 37.6. The first kappa shape index (κ1) is 34.5. The molecule has 0 radical (unpaired) electrons. The highest BCUT2D eigenvalue weighted by atomic mass is 32.2. The van der Waals surface area contributed by atoms with Crippen molar-refractivity contribution >= 4 is 21.5 Å². The molecule has 1 aromatic heterocycles. The molecule has 6 N–H and O–H groups in total. The van der Waals surface area contributed by atoms with Crippen LogP contribution >= 0.6 is 0 Å². The number of hydrogen-bond acceptors (Lipinski definition) is 9. The summed E-state index contributed by atoms with van der Waals surface area (Å²) in [4.78, 5) is 12.9. The number of sulfonamides is 1. The monoisotopic (exact) mass is 676 g/mol. The van der Waals surface area contributed by atoms with E-state index in [2.05, 4.69) is 20.5 Å². The molecule has 2 aliphatic rings. The average Bonchev–Trinajstić information content (AvgIpc) is 3.45. The van der Waals surface area contributed by atoms with Crippen LogP contribution < -0.4 is 26.2 Å². The Morgan fingerprint density at radius 3 is 2.60 bits per heavy atom. The minimum Gasteiger partial charge on any atom is -0.510 e. The van der Waals surface area contributed by atoms with Gasteiger partial charge in [-0.3, -0.25) is 10.1 Å². The third kappa shape index (κ3) is 8.94. The fraction of sp³-hybridized carbons (Fsp3) is 0.412. The van der Waals surface area contributed by atoms with Gasteiger partial charge in [-0.05, 0) is 102 Å². The minimum atomic E-state index is -3.91. The first-order chi connectivity index (χ1) is 23.1. The average molecular weight is 677 g/mol. The Hall–Kier alpha value is -4.85. The highest BCUT2D eigenvalue weighted by molar-refractivity contribution is 7.92. The van der Waals surface area contributed by atoms with Crippen molar-refractivity contribution in [1.29, 1.82) is 5.41 Å². The third-order valence-electron chi connectivity index (χ3n) is 8.68. The van der Waals surface area contributed by atoms with Crippen LogP contribution in [0.25, 0.3) is 5.69 Å². The fourth-order valence-electron chi connectivity index (χ4n) is 6.04. The van der Waals surface area contributed by atoms with Crippen LogP contribution in [0.1, 0.15) is 70.3 Å². The zero-order valence-corrected chi connectivity index (χ0v) is 28.0. The molecule has 1 saturated carbocycles. The third-order valence-corrected chi connectivity index (χ3v) is 10.1. The zero-order valence-electron chi connectivity index (χ0n) is 27.2. The van der Waals surface area contributed by atoms with E-state index in [-0.39, 0.29) is 28.7 Å². The molecule has 3 aromatic rings. The number of aromatic nitrogens is 4. The highest BCUT2D eigenvalue weighted by Gasteiger charge is 2.20. The lowest BCUT2D eigenvalue weighted by molar-refractivity contribution is 0.322. The van der Waals surface area contributed by atoms with E-state index < -0.39 is 10.0 Å². The fourth-order valence-corrected chi connectivity index (χ4v) is 7.09. The molecular formula is C34H44N8O5S. The second kappa shape index (κ2) is 15.8. The molecule has 0 amide bonds. The van der Waals surface area contributed by atoms with Crippen molar-refractivity contribution in [2.24, 2.45) is 11.7 Å². The van der Waals surface area contributed by atoms with Gasteiger partial charge < -0.3 is 20.9 Å². The van der Waals surface area contributed by atoms with Gasteiger partial charge >= 0.3 is 5.69 Å². The van der Waals surface area contributed by atoms with Gasteiger partial charge in [0, 0.05) is 24.9 Å². The summed E-state index contributed by atoms with van der Waals surface area (Å²) in [6, 6.07) is 11.1. The van der Waals surface area contributed by atoms with Crippen molar-refractivity contribution in [1.82, 2.24) is 25.1 Å². The molecule has 0 atom stereocenters. The molecule has 5 rings (SSSR count). The summed E-state index contributed by atoms with van der Waals surface area (Å²) >= 11 is 0. The van der Waals surface area contributed by atoms with Crippen molar-refractivity contribution in [3.63, 3.8) is 0 Å². The SMILES string of the molecule is CCC(C=CC(=N)N)=C(O)CN/C=C1\CCc2cc(NS(=O)(=O)c3ccc(-n4nnn(CCCC5CCCCC5)c4=O)cc3)ccc2O1. The molecule has 0 unspecified atom stereocenters. The maximum Gasteiger partial charge on any atom is 0.368 e. The van der Waals surface area contributed by atoms with Crippen molar-refractivity contribution in [2.45, 2.75) is 82.6 Å². The van der Waals surface area contributed by atoms with Crippen LogP contribution in [0, 0.1) is 11.3 Å². The minimum absolute atomic E-state index is 0.0461. The number of tetrazole rings is 1. The van der Waals surface area contributed by atoms with Crippen molar-refractivity contribution in [3.8, 4) is 11.4 Å². The van der Waals surface area contributed by atoms with Gasteiger partial charge in [-0.1, -0.05) is 45.1 Å². The van der Waals surface area contributed by atoms with Crippen molar-refractivity contribution in [3.05, 3.63) is 94.0 Å². The van der Waals surface area contributed by atoms with E-state index in [0.29, 0.717) is 54.3 Å². The molecule has 14 heteroatoms. The van der Waals surface area contributed by atoms with Gasteiger partial charge in [-0.2, -0.15) is 9.36 Å². The van der Waals surface area contributed by atoms with Crippen LogP contribution in [0.2, 0.25) is 0 Å². The number of hydrogen-bond donors (Lipinski definition) is 5. The molecule has 1 aliphatic heterocycles. The lowest BCUT2D eigenvalue weighted by atomic mass is 9.86. The van der Waals surface area contributed by atoms with Crippen LogP contribution in [0.15, 0.2) is 87.6 Å². The number of aliphatic hydroxyl groups excluding tert-OH is 1. The maximum atomic E-state index is 13.2. The van der Waals surface area contributed by atoms with Crippen LogP contribution in [0.4, 0.5) is 5.69 Å². The van der Waals surface area contributed by atoms with E-state index in [1.54, 1.807) is 42.6 Å². The number of anilines is 1. The molecule has 256 valence electrons. The van der Waals surface area contributed by atoms with Crippen molar-refractivity contribution < 1.29 is 18.3 Å². The molecule has 48 heavy (non-hydrogen) atoms. The number of aliphatic hydroxyl groups is 1. The van der Waals surface area contributed by atoms with Gasteiger partial charge in [0.2, 0.25) is 0 Å². The number of benzene rings is 2. The van der Waals surface area contributed by atoms with E-state index in [9.17, 15) is 18.3 Å². The van der Waals surface area contributed by atoms with Crippen LogP contribution in [-0.2, 0) is 23.0 Å². The molecule has 2 aromatic carbocycles. The van der Waals surface area contributed by atoms with Crippen LogP contribution in [0.5, 0.6) is 5.75 Å². The number of nitrogens with two attached hydrogens (primary N) is 1.